The van der Waals surface area contributed by atoms with E-state index < -0.39 is 0 Å². The Hall–Kier alpha value is -2.65. The molecule has 4 rings (SSSR count). The van der Waals surface area contributed by atoms with Crippen LogP contribution in [0.2, 0.25) is 0 Å². The van der Waals surface area contributed by atoms with E-state index >= 15 is 0 Å². The number of aryl methyl sites for hydroxylation is 1. The van der Waals surface area contributed by atoms with Crippen LogP contribution in [-0.4, -0.2) is 52.9 Å². The predicted octanol–water partition coefficient (Wildman–Crippen LogP) is 4.48. The first-order chi connectivity index (χ1) is 15.0. The second-order valence-corrected chi connectivity index (χ2v) is 9.58. The number of carbonyl (C=O) groups excluding carboxylic acids is 1. The third kappa shape index (κ3) is 5.34. The van der Waals surface area contributed by atoms with Gasteiger partial charge in [-0.05, 0) is 55.3 Å². The van der Waals surface area contributed by atoms with Crippen molar-refractivity contribution in [3.05, 3.63) is 59.4 Å². The van der Waals surface area contributed by atoms with Gasteiger partial charge in [0, 0.05) is 37.6 Å². The Labute approximate surface area is 189 Å². The van der Waals surface area contributed by atoms with Gasteiger partial charge in [0.1, 0.15) is 5.82 Å². The van der Waals surface area contributed by atoms with Crippen LogP contribution >= 0.6 is 23.1 Å². The van der Waals surface area contributed by atoms with Gasteiger partial charge >= 0.3 is 0 Å². The zero-order valence-electron chi connectivity index (χ0n) is 17.5. The van der Waals surface area contributed by atoms with Crippen LogP contribution in [0.15, 0.2) is 46.8 Å². The molecule has 1 saturated heterocycles. The minimum absolute atomic E-state index is 0.1000. The Morgan fingerprint density at radius 1 is 1.10 bits per heavy atom. The van der Waals surface area contributed by atoms with E-state index in [4.69, 9.17) is 0 Å². The first kappa shape index (κ1) is 21.6. The van der Waals surface area contributed by atoms with Crippen molar-refractivity contribution in [1.82, 2.24) is 15.1 Å². The van der Waals surface area contributed by atoms with Gasteiger partial charge in [-0.3, -0.25) is 4.79 Å². The first-order valence-corrected chi connectivity index (χ1v) is 11.9. The maximum atomic E-state index is 13.1. The number of hydrogen-bond acceptors (Lipinski definition) is 7. The van der Waals surface area contributed by atoms with Gasteiger partial charge < -0.3 is 15.1 Å². The maximum absolute atomic E-state index is 13.1. The van der Waals surface area contributed by atoms with Gasteiger partial charge in [0.05, 0.1) is 5.75 Å². The molecule has 1 aliphatic rings. The summed E-state index contributed by atoms with van der Waals surface area (Å²) in [6.45, 7) is 6.95. The number of halogens is 1. The van der Waals surface area contributed by atoms with E-state index in [-0.39, 0.29) is 11.7 Å². The molecule has 3 aromatic rings. The normalized spacial score (nSPS) is 14.0. The number of nitrogens with zero attached hydrogens (tertiary/aromatic N) is 4. The summed E-state index contributed by atoms with van der Waals surface area (Å²) in [7, 11) is 0. The van der Waals surface area contributed by atoms with Gasteiger partial charge in [-0.1, -0.05) is 35.2 Å². The first-order valence-electron chi connectivity index (χ1n) is 10.1. The number of nitrogens with one attached hydrogen (secondary N) is 1. The molecular weight excluding hydrogens is 433 g/mol. The third-order valence-corrected chi connectivity index (χ3v) is 7.35. The number of amides is 1. The second kappa shape index (κ2) is 9.65. The monoisotopic (exact) mass is 457 g/mol. The van der Waals surface area contributed by atoms with Gasteiger partial charge in [-0.15, -0.1) is 10.2 Å². The summed E-state index contributed by atoms with van der Waals surface area (Å²) in [5.41, 5.74) is 4.40. The van der Waals surface area contributed by atoms with Crippen molar-refractivity contribution in [2.24, 2.45) is 0 Å². The number of hydrogen-bond donors (Lipinski definition) is 1. The van der Waals surface area contributed by atoms with Crippen LogP contribution in [0, 0.1) is 19.7 Å². The Morgan fingerprint density at radius 2 is 1.84 bits per heavy atom. The van der Waals surface area contributed by atoms with Gasteiger partial charge in [0.2, 0.25) is 11.0 Å². The molecule has 0 spiro atoms. The van der Waals surface area contributed by atoms with Crippen LogP contribution in [-0.2, 0) is 4.79 Å². The molecule has 1 amide bonds. The van der Waals surface area contributed by atoms with Crippen molar-refractivity contribution in [1.29, 1.82) is 0 Å². The fourth-order valence-corrected chi connectivity index (χ4v) is 5.07. The zero-order chi connectivity index (χ0) is 21.8. The maximum Gasteiger partial charge on any atom is 0.233 e. The summed E-state index contributed by atoms with van der Waals surface area (Å²) in [6.07, 6.45) is 0. The lowest BCUT2D eigenvalue weighted by molar-refractivity contribution is -0.128. The average Bonchev–Trinajstić information content (AvgIpc) is 3.23. The van der Waals surface area contributed by atoms with Crippen LogP contribution in [0.5, 0.6) is 0 Å². The molecule has 9 heteroatoms. The average molecular weight is 458 g/mol. The number of benzene rings is 2. The van der Waals surface area contributed by atoms with Gasteiger partial charge in [0.15, 0.2) is 4.34 Å². The highest BCUT2D eigenvalue weighted by Crippen LogP contribution is 2.29. The largest absolute Gasteiger partial charge is 0.368 e. The Morgan fingerprint density at radius 3 is 2.58 bits per heavy atom. The Bertz CT molecular complexity index is 1050. The van der Waals surface area contributed by atoms with E-state index in [0.717, 1.165) is 33.9 Å². The van der Waals surface area contributed by atoms with Crippen LogP contribution in [0.4, 0.5) is 20.9 Å². The van der Waals surface area contributed by atoms with E-state index in [0.29, 0.717) is 18.8 Å². The molecule has 0 saturated carbocycles. The summed E-state index contributed by atoms with van der Waals surface area (Å²) < 4.78 is 13.9. The highest BCUT2D eigenvalue weighted by atomic mass is 32.2. The quantitative estimate of drug-likeness (QED) is 0.551. The Balaban J connectivity index is 1.26. The zero-order valence-corrected chi connectivity index (χ0v) is 19.1. The highest BCUT2D eigenvalue weighted by Gasteiger charge is 2.22. The van der Waals surface area contributed by atoms with E-state index in [1.165, 1.54) is 46.4 Å². The highest BCUT2D eigenvalue weighted by molar-refractivity contribution is 8.01. The van der Waals surface area contributed by atoms with Crippen molar-refractivity contribution in [3.63, 3.8) is 0 Å². The number of anilines is 3. The number of thioether (sulfide) groups is 1. The smallest absolute Gasteiger partial charge is 0.233 e. The van der Waals surface area contributed by atoms with Crippen molar-refractivity contribution >= 4 is 45.5 Å². The van der Waals surface area contributed by atoms with E-state index in [2.05, 4.69) is 40.3 Å². The van der Waals surface area contributed by atoms with Gasteiger partial charge in [-0.2, -0.15) is 0 Å². The molecule has 0 radical (unpaired) electrons. The number of piperazine rings is 1. The molecule has 0 atom stereocenters. The molecule has 1 fully saturated rings. The van der Waals surface area contributed by atoms with Gasteiger partial charge in [0.25, 0.3) is 0 Å². The molecule has 1 N–H and O–H groups in total. The van der Waals surface area contributed by atoms with Crippen LogP contribution < -0.4 is 10.2 Å². The van der Waals surface area contributed by atoms with Crippen molar-refractivity contribution in [2.75, 3.05) is 42.1 Å². The molecule has 2 heterocycles. The molecule has 0 bridgehead atoms. The Kier molecular flexibility index (Phi) is 6.72. The minimum Gasteiger partial charge on any atom is -0.368 e. The SMILES string of the molecule is Cc1cccc(Nc2nnc(SCC(=O)N3CCN(c4ccc(F)cc4)CC3)s2)c1C. The van der Waals surface area contributed by atoms with Crippen LogP contribution in [0.25, 0.3) is 0 Å². The topological polar surface area (TPSA) is 61.4 Å². The van der Waals surface area contributed by atoms with E-state index in [9.17, 15) is 9.18 Å². The molecule has 31 heavy (non-hydrogen) atoms. The van der Waals surface area contributed by atoms with Gasteiger partial charge in [-0.25, -0.2) is 4.39 Å². The summed E-state index contributed by atoms with van der Waals surface area (Å²) in [4.78, 5) is 16.7. The van der Waals surface area contributed by atoms with Crippen molar-refractivity contribution in [2.45, 2.75) is 18.2 Å². The fourth-order valence-electron chi connectivity index (χ4n) is 3.40. The predicted molar refractivity (Wildman–Crippen MR) is 125 cm³/mol. The number of rotatable bonds is 6. The summed E-state index contributed by atoms with van der Waals surface area (Å²) in [5, 5.41) is 12.4. The summed E-state index contributed by atoms with van der Waals surface area (Å²) in [6, 6.07) is 12.6. The molecule has 1 aromatic heterocycles. The molecule has 0 unspecified atom stereocenters. The molecule has 6 nitrogen and oxygen atoms in total. The fraction of sp³-hybridized carbons (Fsp3) is 0.318. The van der Waals surface area contributed by atoms with Crippen LogP contribution in [0.1, 0.15) is 11.1 Å². The molecule has 1 aliphatic heterocycles. The molecule has 162 valence electrons. The summed E-state index contributed by atoms with van der Waals surface area (Å²) >= 11 is 2.87. The van der Waals surface area contributed by atoms with Crippen LogP contribution in [0.3, 0.4) is 0 Å². The number of carbonyl (C=O) groups is 1. The standard InChI is InChI=1S/C22H24FN5OS2/c1-15-4-3-5-19(16(15)2)24-21-25-26-22(31-21)30-14-20(29)28-12-10-27(11-13-28)18-8-6-17(23)7-9-18/h3-9H,10-14H2,1-2H3,(H,24,25). The lowest BCUT2D eigenvalue weighted by atomic mass is 10.1. The summed E-state index contributed by atoms with van der Waals surface area (Å²) in [5.74, 6) is 0.205. The molecule has 2 aromatic carbocycles. The molecular formula is C22H24FN5OS2. The van der Waals surface area contributed by atoms with Crippen molar-refractivity contribution < 1.29 is 9.18 Å². The van der Waals surface area contributed by atoms with E-state index in [1.807, 2.05) is 17.0 Å². The lowest BCUT2D eigenvalue weighted by Gasteiger charge is -2.36. The number of aromatic nitrogens is 2. The molecule has 0 aliphatic carbocycles. The van der Waals surface area contributed by atoms with E-state index in [1.54, 1.807) is 12.1 Å². The van der Waals surface area contributed by atoms with Crippen molar-refractivity contribution in [3.8, 4) is 0 Å². The third-order valence-electron chi connectivity index (χ3n) is 5.40. The lowest BCUT2D eigenvalue weighted by Crippen LogP contribution is -2.49. The second-order valence-electron chi connectivity index (χ2n) is 7.38. The minimum atomic E-state index is -0.237.